The Hall–Kier alpha value is -0.0800. The largest absolute Gasteiger partial charge is 0.317 e. The molecule has 2 unspecified atom stereocenters. The van der Waals surface area contributed by atoms with Gasteiger partial charge in [-0.15, -0.1) is 0 Å². The molecule has 2 nitrogen and oxygen atoms in total. The fourth-order valence-corrected chi connectivity index (χ4v) is 2.88. The molecular formula is C15H32N2. The minimum absolute atomic E-state index is 0.902. The Morgan fingerprint density at radius 3 is 2.76 bits per heavy atom. The summed E-state index contributed by atoms with van der Waals surface area (Å²) in [6, 6.07) is 0. The second kappa shape index (κ2) is 8.93. The molecule has 0 amide bonds. The van der Waals surface area contributed by atoms with Crippen molar-refractivity contribution in [2.24, 2.45) is 11.8 Å². The van der Waals surface area contributed by atoms with Gasteiger partial charge in [-0.3, -0.25) is 0 Å². The van der Waals surface area contributed by atoms with Crippen LogP contribution in [0.15, 0.2) is 0 Å². The molecule has 0 aromatic rings. The van der Waals surface area contributed by atoms with Crippen molar-refractivity contribution >= 4 is 0 Å². The van der Waals surface area contributed by atoms with E-state index in [0.29, 0.717) is 0 Å². The monoisotopic (exact) mass is 240 g/mol. The summed E-state index contributed by atoms with van der Waals surface area (Å²) in [5.41, 5.74) is 0. The van der Waals surface area contributed by atoms with Crippen molar-refractivity contribution in [2.45, 2.75) is 52.9 Å². The van der Waals surface area contributed by atoms with Crippen LogP contribution in [0.4, 0.5) is 0 Å². The minimum Gasteiger partial charge on any atom is -0.317 e. The van der Waals surface area contributed by atoms with Crippen molar-refractivity contribution in [3.8, 4) is 0 Å². The molecule has 0 aromatic heterocycles. The van der Waals surface area contributed by atoms with E-state index in [1.165, 1.54) is 58.3 Å². The standard InChI is InChI=1S/C15H32N2/c1-4-7-8-14(5-2)12-17-10-9-15(13-17)11-16-6-3/h14-16H,4-13H2,1-3H3. The average Bonchev–Trinajstić information content (AvgIpc) is 2.79. The molecule has 1 saturated heterocycles. The van der Waals surface area contributed by atoms with Gasteiger partial charge < -0.3 is 10.2 Å². The first kappa shape index (κ1) is 15.0. The van der Waals surface area contributed by atoms with Crippen molar-refractivity contribution in [3.63, 3.8) is 0 Å². The first-order valence-corrected chi connectivity index (χ1v) is 7.73. The van der Waals surface area contributed by atoms with Gasteiger partial charge >= 0.3 is 0 Å². The van der Waals surface area contributed by atoms with Crippen molar-refractivity contribution in [1.82, 2.24) is 10.2 Å². The minimum atomic E-state index is 0.902. The van der Waals surface area contributed by atoms with Gasteiger partial charge in [0, 0.05) is 13.1 Å². The Labute approximate surface area is 108 Å². The lowest BCUT2D eigenvalue weighted by molar-refractivity contribution is 0.252. The maximum atomic E-state index is 3.49. The van der Waals surface area contributed by atoms with Gasteiger partial charge in [-0.2, -0.15) is 0 Å². The molecule has 17 heavy (non-hydrogen) atoms. The van der Waals surface area contributed by atoms with Gasteiger partial charge in [-0.1, -0.05) is 40.0 Å². The van der Waals surface area contributed by atoms with E-state index in [1.807, 2.05) is 0 Å². The normalized spacial score (nSPS) is 23.1. The topological polar surface area (TPSA) is 15.3 Å². The van der Waals surface area contributed by atoms with Gasteiger partial charge in [-0.05, 0) is 44.3 Å². The predicted octanol–water partition coefficient (Wildman–Crippen LogP) is 3.13. The van der Waals surface area contributed by atoms with Crippen molar-refractivity contribution in [3.05, 3.63) is 0 Å². The molecule has 1 aliphatic heterocycles. The predicted molar refractivity (Wildman–Crippen MR) is 76.4 cm³/mol. The molecule has 2 atom stereocenters. The van der Waals surface area contributed by atoms with E-state index in [4.69, 9.17) is 0 Å². The Morgan fingerprint density at radius 2 is 2.12 bits per heavy atom. The molecule has 1 N–H and O–H groups in total. The zero-order chi connectivity index (χ0) is 12.5. The van der Waals surface area contributed by atoms with E-state index in [1.54, 1.807) is 0 Å². The third-order valence-corrected chi connectivity index (χ3v) is 4.11. The van der Waals surface area contributed by atoms with E-state index >= 15 is 0 Å². The summed E-state index contributed by atoms with van der Waals surface area (Å²) in [7, 11) is 0. The molecule has 1 aliphatic rings. The summed E-state index contributed by atoms with van der Waals surface area (Å²) in [5.74, 6) is 1.84. The van der Waals surface area contributed by atoms with Gasteiger partial charge in [0.25, 0.3) is 0 Å². The molecule has 1 fully saturated rings. The molecule has 0 aliphatic carbocycles. The van der Waals surface area contributed by atoms with Crippen molar-refractivity contribution < 1.29 is 0 Å². The van der Waals surface area contributed by atoms with Crippen LogP contribution >= 0.6 is 0 Å². The summed E-state index contributed by atoms with van der Waals surface area (Å²) in [6.07, 6.45) is 6.94. The number of rotatable bonds is 9. The fraction of sp³-hybridized carbons (Fsp3) is 1.00. The molecule has 0 aromatic carbocycles. The van der Waals surface area contributed by atoms with Crippen LogP contribution in [0.5, 0.6) is 0 Å². The van der Waals surface area contributed by atoms with E-state index in [-0.39, 0.29) is 0 Å². The number of nitrogens with one attached hydrogen (secondary N) is 1. The zero-order valence-electron chi connectivity index (χ0n) is 12.2. The third kappa shape index (κ3) is 5.87. The maximum Gasteiger partial charge on any atom is 0.00224 e. The number of likely N-dealkylation sites (tertiary alicyclic amines) is 1. The van der Waals surface area contributed by atoms with Crippen molar-refractivity contribution in [2.75, 3.05) is 32.7 Å². The van der Waals surface area contributed by atoms with Crippen LogP contribution in [-0.4, -0.2) is 37.6 Å². The second-order valence-corrected chi connectivity index (χ2v) is 5.64. The first-order valence-electron chi connectivity index (χ1n) is 7.73. The number of hydrogen-bond acceptors (Lipinski definition) is 2. The van der Waals surface area contributed by atoms with Crippen LogP contribution < -0.4 is 5.32 Å². The Kier molecular flexibility index (Phi) is 7.87. The summed E-state index contributed by atoms with van der Waals surface area (Å²) >= 11 is 0. The Morgan fingerprint density at radius 1 is 1.29 bits per heavy atom. The van der Waals surface area contributed by atoms with E-state index in [0.717, 1.165) is 18.4 Å². The van der Waals surface area contributed by atoms with Crippen LogP contribution in [0.1, 0.15) is 52.9 Å². The van der Waals surface area contributed by atoms with Gasteiger partial charge in [0.1, 0.15) is 0 Å². The SMILES string of the molecule is CCCCC(CC)CN1CCC(CNCC)C1. The lowest BCUT2D eigenvalue weighted by Crippen LogP contribution is -2.29. The quantitative estimate of drug-likeness (QED) is 0.666. The Bertz CT molecular complexity index is 182. The molecule has 1 rings (SSSR count). The lowest BCUT2D eigenvalue weighted by Gasteiger charge is -2.23. The molecule has 2 heteroatoms. The fourth-order valence-electron chi connectivity index (χ4n) is 2.88. The van der Waals surface area contributed by atoms with E-state index < -0.39 is 0 Å². The summed E-state index contributed by atoms with van der Waals surface area (Å²) in [4.78, 5) is 2.70. The van der Waals surface area contributed by atoms with Gasteiger partial charge in [-0.25, -0.2) is 0 Å². The summed E-state index contributed by atoms with van der Waals surface area (Å²) < 4.78 is 0. The lowest BCUT2D eigenvalue weighted by atomic mass is 9.99. The summed E-state index contributed by atoms with van der Waals surface area (Å²) in [6.45, 7) is 13.2. The average molecular weight is 240 g/mol. The number of hydrogen-bond donors (Lipinski definition) is 1. The molecule has 0 radical (unpaired) electrons. The molecular weight excluding hydrogens is 208 g/mol. The van der Waals surface area contributed by atoms with Crippen LogP contribution in [0.3, 0.4) is 0 Å². The van der Waals surface area contributed by atoms with E-state index in [2.05, 4.69) is 31.0 Å². The third-order valence-electron chi connectivity index (χ3n) is 4.11. The highest BCUT2D eigenvalue weighted by Gasteiger charge is 2.23. The molecule has 102 valence electrons. The Balaban J connectivity index is 2.18. The molecule has 0 saturated carbocycles. The summed E-state index contributed by atoms with van der Waals surface area (Å²) in [5, 5.41) is 3.49. The molecule has 1 heterocycles. The van der Waals surface area contributed by atoms with Crippen LogP contribution in [0, 0.1) is 11.8 Å². The highest BCUT2D eigenvalue weighted by molar-refractivity contribution is 4.78. The van der Waals surface area contributed by atoms with E-state index in [9.17, 15) is 0 Å². The van der Waals surface area contributed by atoms with Gasteiger partial charge in [0.15, 0.2) is 0 Å². The number of nitrogens with zero attached hydrogens (tertiary/aromatic N) is 1. The highest BCUT2D eigenvalue weighted by Crippen LogP contribution is 2.20. The smallest absolute Gasteiger partial charge is 0.00224 e. The van der Waals surface area contributed by atoms with Crippen LogP contribution in [-0.2, 0) is 0 Å². The van der Waals surface area contributed by atoms with Crippen LogP contribution in [0.25, 0.3) is 0 Å². The zero-order valence-corrected chi connectivity index (χ0v) is 12.2. The molecule has 0 bridgehead atoms. The first-order chi connectivity index (χ1) is 8.30. The maximum absolute atomic E-state index is 3.49. The van der Waals surface area contributed by atoms with Crippen molar-refractivity contribution in [1.29, 1.82) is 0 Å². The second-order valence-electron chi connectivity index (χ2n) is 5.64. The highest BCUT2D eigenvalue weighted by atomic mass is 15.1. The molecule has 0 spiro atoms. The van der Waals surface area contributed by atoms with Crippen LogP contribution in [0.2, 0.25) is 0 Å². The van der Waals surface area contributed by atoms with Gasteiger partial charge in [0.05, 0.1) is 0 Å². The number of unbranched alkanes of at least 4 members (excludes halogenated alkanes) is 1. The van der Waals surface area contributed by atoms with Gasteiger partial charge in [0.2, 0.25) is 0 Å².